The Hall–Kier alpha value is -0.960. The summed E-state index contributed by atoms with van der Waals surface area (Å²) in [4.78, 5) is 0. The lowest BCUT2D eigenvalue weighted by atomic mass is 9.62. The predicted molar refractivity (Wildman–Crippen MR) is 134 cm³/mol. The van der Waals surface area contributed by atoms with Crippen molar-refractivity contribution in [2.45, 2.75) is 114 Å². The van der Waals surface area contributed by atoms with Crippen molar-refractivity contribution in [1.82, 2.24) is 0 Å². The molecule has 5 atom stereocenters. The topological polar surface area (TPSA) is 0 Å². The second-order valence-corrected chi connectivity index (χ2v) is 10.6. The zero-order valence-electron chi connectivity index (χ0n) is 21.4. The average Bonchev–Trinajstić information content (AvgIpc) is 2.65. The molecule has 0 spiro atoms. The fourth-order valence-electron chi connectivity index (χ4n) is 5.78. The molecule has 0 rings (SSSR count). The summed E-state index contributed by atoms with van der Waals surface area (Å²) < 4.78 is 0. The Morgan fingerprint density at radius 2 is 1.66 bits per heavy atom. The van der Waals surface area contributed by atoms with Crippen LogP contribution in [0.5, 0.6) is 0 Å². The van der Waals surface area contributed by atoms with E-state index in [1.54, 1.807) is 0 Å². The summed E-state index contributed by atoms with van der Waals surface area (Å²) in [5.74, 6) is 6.66. The predicted octanol–water partition coefficient (Wildman–Crippen LogP) is 9.47. The molecule has 0 aromatic heterocycles. The summed E-state index contributed by atoms with van der Waals surface area (Å²) in [5, 5.41) is 0. The standard InChI is InChI=1S/C29H52/c1-12-17-27(14-3)29(10,11)28(15-4)25(8)19-16-18-22(5)20-23(6)21-26(9)24(7)13-2/h1,13,22-23,25,27-28H,2,14-21H2,3-11H3. The lowest BCUT2D eigenvalue weighted by Gasteiger charge is -2.43. The van der Waals surface area contributed by atoms with Gasteiger partial charge in [-0.25, -0.2) is 0 Å². The molecule has 168 valence electrons. The molecule has 0 heterocycles. The summed E-state index contributed by atoms with van der Waals surface area (Å²) in [6.45, 7) is 25.3. The molecule has 0 aromatic rings. The monoisotopic (exact) mass is 400 g/mol. The number of hydrogen-bond acceptors (Lipinski definition) is 0. The molecule has 0 nitrogen and oxygen atoms in total. The van der Waals surface area contributed by atoms with Gasteiger partial charge in [0.2, 0.25) is 0 Å². The minimum absolute atomic E-state index is 0.322. The minimum Gasteiger partial charge on any atom is -0.120 e. The van der Waals surface area contributed by atoms with E-state index in [9.17, 15) is 0 Å². The van der Waals surface area contributed by atoms with Crippen LogP contribution in [0.3, 0.4) is 0 Å². The SMILES string of the molecule is C#CCC(CC)C(C)(C)C(CC)C(C)CCCC(C)CC(C)CC(C)=C(C)C=C. The van der Waals surface area contributed by atoms with Gasteiger partial charge < -0.3 is 0 Å². The molecule has 0 aliphatic rings. The summed E-state index contributed by atoms with van der Waals surface area (Å²) in [5.41, 5.74) is 3.17. The van der Waals surface area contributed by atoms with Crippen LogP contribution in [0.4, 0.5) is 0 Å². The third kappa shape index (κ3) is 9.59. The van der Waals surface area contributed by atoms with Gasteiger partial charge in [0, 0.05) is 6.42 Å². The molecule has 0 saturated carbocycles. The van der Waals surface area contributed by atoms with Crippen molar-refractivity contribution < 1.29 is 0 Å². The fraction of sp³-hybridized carbons (Fsp3) is 0.793. The molecule has 0 heteroatoms. The van der Waals surface area contributed by atoms with E-state index in [1.165, 1.54) is 56.1 Å². The largest absolute Gasteiger partial charge is 0.120 e. The minimum atomic E-state index is 0.322. The summed E-state index contributed by atoms with van der Waals surface area (Å²) in [6, 6.07) is 0. The lowest BCUT2D eigenvalue weighted by molar-refractivity contribution is 0.0638. The van der Waals surface area contributed by atoms with Gasteiger partial charge in [-0.2, -0.15) is 0 Å². The first-order valence-electron chi connectivity index (χ1n) is 12.3. The van der Waals surface area contributed by atoms with E-state index in [4.69, 9.17) is 6.42 Å². The van der Waals surface area contributed by atoms with Crippen molar-refractivity contribution in [3.63, 3.8) is 0 Å². The maximum absolute atomic E-state index is 5.67. The van der Waals surface area contributed by atoms with Crippen LogP contribution >= 0.6 is 0 Å². The first-order chi connectivity index (χ1) is 13.5. The maximum Gasteiger partial charge on any atom is 0.0119 e. The molecule has 0 saturated heterocycles. The van der Waals surface area contributed by atoms with Crippen molar-refractivity contribution in [2.75, 3.05) is 0 Å². The van der Waals surface area contributed by atoms with E-state index in [-0.39, 0.29) is 0 Å². The van der Waals surface area contributed by atoms with Crippen LogP contribution in [-0.4, -0.2) is 0 Å². The highest BCUT2D eigenvalue weighted by Gasteiger charge is 2.37. The lowest BCUT2D eigenvalue weighted by Crippen LogP contribution is -2.36. The van der Waals surface area contributed by atoms with Gasteiger partial charge in [-0.05, 0) is 61.7 Å². The van der Waals surface area contributed by atoms with Gasteiger partial charge in [0.1, 0.15) is 0 Å². The Bertz CT molecular complexity index is 527. The van der Waals surface area contributed by atoms with Gasteiger partial charge in [-0.1, -0.05) is 104 Å². The first-order valence-corrected chi connectivity index (χ1v) is 12.3. The molecule has 0 fully saturated rings. The third-order valence-corrected chi connectivity index (χ3v) is 7.79. The van der Waals surface area contributed by atoms with Crippen LogP contribution < -0.4 is 0 Å². The van der Waals surface area contributed by atoms with Crippen LogP contribution in [0.2, 0.25) is 0 Å². The summed E-state index contributed by atoms with van der Waals surface area (Å²) in [6.07, 6.45) is 17.6. The third-order valence-electron chi connectivity index (χ3n) is 7.79. The van der Waals surface area contributed by atoms with Crippen LogP contribution in [0.1, 0.15) is 114 Å². The second kappa shape index (κ2) is 14.1. The van der Waals surface area contributed by atoms with Crippen LogP contribution in [0.15, 0.2) is 23.8 Å². The summed E-state index contributed by atoms with van der Waals surface area (Å²) >= 11 is 0. The van der Waals surface area contributed by atoms with Gasteiger partial charge >= 0.3 is 0 Å². The highest BCUT2D eigenvalue weighted by molar-refractivity contribution is 5.20. The number of rotatable bonds is 15. The molecule has 0 aliphatic heterocycles. The van der Waals surface area contributed by atoms with Crippen LogP contribution in [0.25, 0.3) is 0 Å². The molecular formula is C29H52. The van der Waals surface area contributed by atoms with Crippen molar-refractivity contribution in [1.29, 1.82) is 0 Å². The fourth-order valence-corrected chi connectivity index (χ4v) is 5.78. The molecule has 5 unspecified atom stereocenters. The molecule has 0 N–H and O–H groups in total. The van der Waals surface area contributed by atoms with E-state index in [1.807, 2.05) is 6.08 Å². The quantitative estimate of drug-likeness (QED) is 0.190. The summed E-state index contributed by atoms with van der Waals surface area (Å²) in [7, 11) is 0. The molecule has 0 amide bonds. The maximum atomic E-state index is 5.67. The molecule has 0 bridgehead atoms. The van der Waals surface area contributed by atoms with Gasteiger partial charge in [0.15, 0.2) is 0 Å². The van der Waals surface area contributed by atoms with Gasteiger partial charge in [-0.15, -0.1) is 12.3 Å². The Labute approximate surface area is 185 Å². The van der Waals surface area contributed by atoms with Gasteiger partial charge in [0.05, 0.1) is 0 Å². The Balaban J connectivity index is 4.62. The first kappa shape index (κ1) is 28.0. The Morgan fingerprint density at radius 3 is 2.14 bits per heavy atom. The van der Waals surface area contributed by atoms with Crippen molar-refractivity contribution in [3.8, 4) is 12.3 Å². The molecule has 0 radical (unpaired) electrons. The number of terminal acetylenes is 1. The molecule has 0 aromatic carbocycles. The smallest absolute Gasteiger partial charge is 0.0119 e. The zero-order valence-corrected chi connectivity index (χ0v) is 21.4. The van der Waals surface area contributed by atoms with E-state index in [2.05, 4.69) is 74.8 Å². The Kier molecular flexibility index (Phi) is 13.6. The Morgan fingerprint density at radius 1 is 1.03 bits per heavy atom. The molecule has 29 heavy (non-hydrogen) atoms. The highest BCUT2D eigenvalue weighted by atomic mass is 14.4. The van der Waals surface area contributed by atoms with E-state index in [0.717, 1.165) is 30.1 Å². The second-order valence-electron chi connectivity index (χ2n) is 10.6. The molecule has 0 aliphatic carbocycles. The highest BCUT2D eigenvalue weighted by Crippen LogP contribution is 2.45. The van der Waals surface area contributed by atoms with E-state index < -0.39 is 0 Å². The van der Waals surface area contributed by atoms with Gasteiger partial charge in [-0.3, -0.25) is 0 Å². The van der Waals surface area contributed by atoms with E-state index in [0.29, 0.717) is 11.3 Å². The van der Waals surface area contributed by atoms with Crippen molar-refractivity contribution >= 4 is 0 Å². The average molecular weight is 401 g/mol. The van der Waals surface area contributed by atoms with Crippen LogP contribution in [0, 0.1) is 47.3 Å². The number of hydrogen-bond donors (Lipinski definition) is 0. The van der Waals surface area contributed by atoms with Crippen molar-refractivity contribution in [2.24, 2.45) is 35.0 Å². The van der Waals surface area contributed by atoms with Crippen LogP contribution in [-0.2, 0) is 0 Å². The molecular weight excluding hydrogens is 348 g/mol. The number of allylic oxidation sites excluding steroid dienone is 3. The van der Waals surface area contributed by atoms with Crippen molar-refractivity contribution in [3.05, 3.63) is 23.8 Å². The normalized spacial score (nSPS) is 18.2. The van der Waals surface area contributed by atoms with E-state index >= 15 is 0 Å². The van der Waals surface area contributed by atoms with Gasteiger partial charge in [0.25, 0.3) is 0 Å². The zero-order chi connectivity index (χ0) is 22.6.